The smallest absolute Gasteiger partial charge is 0.249 e. The van der Waals surface area contributed by atoms with Crippen LogP contribution in [0.3, 0.4) is 0 Å². The van der Waals surface area contributed by atoms with E-state index in [1.54, 1.807) is 24.3 Å². The molecule has 0 spiro atoms. The Kier molecular flexibility index (Phi) is 8.67. The van der Waals surface area contributed by atoms with Crippen molar-refractivity contribution in [3.63, 3.8) is 0 Å². The Labute approximate surface area is 203 Å². The van der Waals surface area contributed by atoms with Gasteiger partial charge in [-0.05, 0) is 42.0 Å². The molecule has 164 valence electrons. The monoisotopic (exact) mass is 533 g/mol. The second kappa shape index (κ2) is 11.7. The molecular formula is C23H18BrCl2N3O3. The quantitative estimate of drug-likeness (QED) is 0.217. The molecule has 9 heteroatoms. The summed E-state index contributed by atoms with van der Waals surface area (Å²) in [5.41, 5.74) is 4.36. The van der Waals surface area contributed by atoms with Crippen molar-refractivity contribution in [3.05, 3.63) is 92.4 Å². The van der Waals surface area contributed by atoms with Gasteiger partial charge in [-0.25, -0.2) is 5.43 Å². The first-order chi connectivity index (χ1) is 15.4. The van der Waals surface area contributed by atoms with E-state index in [0.29, 0.717) is 28.6 Å². The standard InChI is InChI=1S/C23H18BrCl2N3O3/c24-17-10-8-15(9-11-17)14-32-20-7-2-1-4-16(20)13-27-29-22(31)12-21(30)28-19-6-3-5-18(25)23(19)26/h1-11,13H,12,14H2,(H,28,30)(H,29,31). The van der Waals surface area contributed by atoms with Crippen molar-refractivity contribution in [3.8, 4) is 5.75 Å². The van der Waals surface area contributed by atoms with Crippen molar-refractivity contribution in [1.29, 1.82) is 0 Å². The number of nitrogens with one attached hydrogen (secondary N) is 2. The zero-order valence-electron chi connectivity index (χ0n) is 16.6. The van der Waals surface area contributed by atoms with Crippen LogP contribution in [0.4, 0.5) is 5.69 Å². The van der Waals surface area contributed by atoms with Gasteiger partial charge in [0, 0.05) is 10.0 Å². The Bertz CT molecular complexity index is 1140. The van der Waals surface area contributed by atoms with E-state index in [1.165, 1.54) is 6.21 Å². The first-order valence-corrected chi connectivity index (χ1v) is 11.0. The molecule has 3 aromatic carbocycles. The van der Waals surface area contributed by atoms with E-state index in [-0.39, 0.29) is 5.02 Å². The molecule has 2 amide bonds. The van der Waals surface area contributed by atoms with Gasteiger partial charge in [-0.15, -0.1) is 0 Å². The highest BCUT2D eigenvalue weighted by Crippen LogP contribution is 2.29. The maximum Gasteiger partial charge on any atom is 0.249 e. The number of nitrogens with zero attached hydrogens (tertiary/aromatic N) is 1. The van der Waals surface area contributed by atoms with Crippen LogP contribution in [-0.4, -0.2) is 18.0 Å². The fourth-order valence-corrected chi connectivity index (χ4v) is 3.23. The minimum Gasteiger partial charge on any atom is -0.488 e. The first kappa shape index (κ1) is 23.8. The Morgan fingerprint density at radius 1 is 0.969 bits per heavy atom. The lowest BCUT2D eigenvalue weighted by Crippen LogP contribution is -2.24. The average Bonchev–Trinajstić information content (AvgIpc) is 2.77. The SMILES string of the molecule is O=C(CC(=O)Nc1cccc(Cl)c1Cl)NN=Cc1ccccc1OCc1ccc(Br)cc1. The maximum absolute atomic E-state index is 12.1. The van der Waals surface area contributed by atoms with Crippen molar-refractivity contribution in [2.45, 2.75) is 13.0 Å². The molecular weight excluding hydrogens is 517 g/mol. The van der Waals surface area contributed by atoms with Gasteiger partial charge in [-0.2, -0.15) is 5.10 Å². The number of hydrogen-bond acceptors (Lipinski definition) is 4. The number of hydrogen-bond donors (Lipinski definition) is 2. The van der Waals surface area contributed by atoms with Gasteiger partial charge >= 0.3 is 0 Å². The number of anilines is 1. The highest BCUT2D eigenvalue weighted by Gasteiger charge is 2.12. The minimum atomic E-state index is -0.579. The summed E-state index contributed by atoms with van der Waals surface area (Å²) < 4.78 is 6.86. The summed E-state index contributed by atoms with van der Waals surface area (Å²) in [4.78, 5) is 24.1. The first-order valence-electron chi connectivity index (χ1n) is 9.44. The molecule has 0 saturated heterocycles. The summed E-state index contributed by atoms with van der Waals surface area (Å²) in [6, 6.07) is 19.9. The zero-order chi connectivity index (χ0) is 22.9. The van der Waals surface area contributed by atoms with E-state index in [4.69, 9.17) is 27.9 Å². The van der Waals surface area contributed by atoms with Gasteiger partial charge in [0.2, 0.25) is 11.8 Å². The molecule has 0 aliphatic carbocycles. The van der Waals surface area contributed by atoms with Gasteiger partial charge in [-0.1, -0.05) is 69.5 Å². The van der Waals surface area contributed by atoms with Crippen molar-refractivity contribution in [2.75, 3.05) is 5.32 Å². The van der Waals surface area contributed by atoms with Crippen molar-refractivity contribution < 1.29 is 14.3 Å². The molecule has 0 aromatic heterocycles. The highest BCUT2D eigenvalue weighted by atomic mass is 79.9. The number of hydrazone groups is 1. The molecule has 0 atom stereocenters. The summed E-state index contributed by atoms with van der Waals surface area (Å²) in [5, 5.41) is 6.98. The van der Waals surface area contributed by atoms with Crippen LogP contribution in [0.15, 0.2) is 76.3 Å². The molecule has 0 saturated carbocycles. The van der Waals surface area contributed by atoms with Crippen molar-refractivity contribution in [2.24, 2.45) is 5.10 Å². The van der Waals surface area contributed by atoms with Gasteiger partial charge < -0.3 is 10.1 Å². The number of para-hydroxylation sites is 1. The van der Waals surface area contributed by atoms with Crippen LogP contribution in [0.25, 0.3) is 0 Å². The lowest BCUT2D eigenvalue weighted by Gasteiger charge is -2.09. The molecule has 0 unspecified atom stereocenters. The molecule has 2 N–H and O–H groups in total. The topological polar surface area (TPSA) is 79.8 Å². The molecule has 3 aromatic rings. The fraction of sp³-hybridized carbons (Fsp3) is 0.0870. The van der Waals surface area contributed by atoms with E-state index < -0.39 is 18.2 Å². The normalized spacial score (nSPS) is 10.7. The largest absolute Gasteiger partial charge is 0.488 e. The number of carbonyl (C=O) groups is 2. The minimum absolute atomic E-state index is 0.209. The van der Waals surface area contributed by atoms with Crippen LogP contribution in [0.5, 0.6) is 5.75 Å². The molecule has 32 heavy (non-hydrogen) atoms. The average molecular weight is 535 g/mol. The molecule has 3 rings (SSSR count). The Balaban J connectivity index is 1.52. The lowest BCUT2D eigenvalue weighted by atomic mass is 10.2. The van der Waals surface area contributed by atoms with Gasteiger partial charge in [0.05, 0.1) is 21.9 Å². The zero-order valence-corrected chi connectivity index (χ0v) is 19.7. The van der Waals surface area contributed by atoms with Crippen LogP contribution in [0.1, 0.15) is 17.5 Å². The van der Waals surface area contributed by atoms with Gasteiger partial charge in [0.25, 0.3) is 0 Å². The number of halogens is 3. The number of rotatable bonds is 8. The van der Waals surface area contributed by atoms with Crippen LogP contribution < -0.4 is 15.5 Å². The Morgan fingerprint density at radius 3 is 2.50 bits per heavy atom. The van der Waals surface area contributed by atoms with Crippen LogP contribution >= 0.6 is 39.1 Å². The Morgan fingerprint density at radius 2 is 1.72 bits per heavy atom. The molecule has 0 bridgehead atoms. The van der Waals surface area contributed by atoms with E-state index in [2.05, 4.69) is 31.8 Å². The molecule has 0 fully saturated rings. The third-order valence-corrected chi connectivity index (χ3v) is 5.51. The molecule has 0 heterocycles. The maximum atomic E-state index is 12.1. The van der Waals surface area contributed by atoms with Crippen LogP contribution in [0.2, 0.25) is 10.0 Å². The molecule has 0 aliphatic heterocycles. The molecule has 0 aliphatic rings. The fourth-order valence-electron chi connectivity index (χ4n) is 2.61. The predicted molar refractivity (Wildman–Crippen MR) is 130 cm³/mol. The summed E-state index contributed by atoms with van der Waals surface area (Å²) >= 11 is 15.3. The van der Waals surface area contributed by atoms with Gasteiger partial charge in [0.1, 0.15) is 18.8 Å². The van der Waals surface area contributed by atoms with Gasteiger partial charge in [0.15, 0.2) is 0 Å². The summed E-state index contributed by atoms with van der Waals surface area (Å²) in [6.07, 6.45) is 1.03. The predicted octanol–water partition coefficient (Wildman–Crippen LogP) is 5.81. The van der Waals surface area contributed by atoms with E-state index in [0.717, 1.165) is 10.0 Å². The van der Waals surface area contributed by atoms with E-state index in [9.17, 15) is 9.59 Å². The van der Waals surface area contributed by atoms with E-state index >= 15 is 0 Å². The second-order valence-electron chi connectivity index (χ2n) is 6.57. The van der Waals surface area contributed by atoms with Crippen LogP contribution in [-0.2, 0) is 16.2 Å². The number of amides is 2. The lowest BCUT2D eigenvalue weighted by molar-refractivity contribution is -0.126. The van der Waals surface area contributed by atoms with Gasteiger partial charge in [-0.3, -0.25) is 9.59 Å². The third kappa shape index (κ3) is 7.09. The summed E-state index contributed by atoms with van der Waals surface area (Å²) in [7, 11) is 0. The van der Waals surface area contributed by atoms with Crippen molar-refractivity contribution >= 4 is 62.8 Å². The van der Waals surface area contributed by atoms with Crippen LogP contribution in [0, 0.1) is 0 Å². The third-order valence-electron chi connectivity index (χ3n) is 4.17. The summed E-state index contributed by atoms with van der Waals surface area (Å²) in [5.74, 6) is -0.507. The Hall–Kier alpha value is -2.87. The highest BCUT2D eigenvalue weighted by molar-refractivity contribution is 9.10. The molecule has 6 nitrogen and oxygen atoms in total. The second-order valence-corrected chi connectivity index (χ2v) is 8.27. The number of carbonyl (C=O) groups excluding carboxylic acids is 2. The van der Waals surface area contributed by atoms with E-state index in [1.807, 2.05) is 42.5 Å². The summed E-state index contributed by atoms with van der Waals surface area (Å²) in [6.45, 7) is 0.386. The van der Waals surface area contributed by atoms with Crippen molar-refractivity contribution in [1.82, 2.24) is 5.43 Å². The molecule has 0 radical (unpaired) electrons. The number of benzene rings is 3. The number of ether oxygens (including phenoxy) is 1.